The molecule has 5 nitrogen and oxygen atoms in total. The lowest BCUT2D eigenvalue weighted by atomic mass is 10.2. The van der Waals surface area contributed by atoms with Crippen molar-refractivity contribution in [1.82, 2.24) is 4.90 Å². The van der Waals surface area contributed by atoms with E-state index < -0.39 is 0 Å². The summed E-state index contributed by atoms with van der Waals surface area (Å²) in [5.41, 5.74) is 2.03. The number of rotatable bonds is 7. The third kappa shape index (κ3) is 5.07. The zero-order valence-corrected chi connectivity index (χ0v) is 17.2. The van der Waals surface area contributed by atoms with Crippen LogP contribution in [0.15, 0.2) is 53.4 Å². The lowest BCUT2D eigenvalue weighted by Crippen LogP contribution is -2.37. The van der Waals surface area contributed by atoms with Crippen molar-refractivity contribution in [2.24, 2.45) is 0 Å². The maximum atomic E-state index is 12.6. The Kier molecular flexibility index (Phi) is 6.98. The van der Waals surface area contributed by atoms with Gasteiger partial charge < -0.3 is 14.5 Å². The molecule has 0 saturated carbocycles. The molecule has 0 spiro atoms. The Morgan fingerprint density at radius 2 is 1.86 bits per heavy atom. The average molecular weight is 399 g/mol. The van der Waals surface area contributed by atoms with E-state index in [1.165, 1.54) is 0 Å². The number of aryl methyl sites for hydroxylation is 1. The maximum Gasteiger partial charge on any atom is 0.227 e. The highest BCUT2D eigenvalue weighted by atomic mass is 32.2. The number of amides is 2. The van der Waals surface area contributed by atoms with Crippen LogP contribution in [0.3, 0.4) is 0 Å². The number of ether oxygens (including phenoxy) is 1. The highest BCUT2D eigenvalue weighted by Crippen LogP contribution is 2.34. The Morgan fingerprint density at radius 1 is 1.11 bits per heavy atom. The van der Waals surface area contributed by atoms with Gasteiger partial charge in [0.25, 0.3) is 0 Å². The highest BCUT2D eigenvalue weighted by molar-refractivity contribution is 7.99. The average Bonchev–Trinajstić information content (AvgIpc) is 2.72. The molecule has 1 heterocycles. The Morgan fingerprint density at radius 3 is 2.68 bits per heavy atom. The molecule has 2 amide bonds. The first-order chi connectivity index (χ1) is 13.6. The number of carbonyl (C=O) groups is 2. The number of thioether (sulfide) groups is 1. The summed E-state index contributed by atoms with van der Waals surface area (Å²) >= 11 is 1.76. The van der Waals surface area contributed by atoms with E-state index in [9.17, 15) is 9.59 Å². The minimum Gasteiger partial charge on any atom is -0.491 e. The lowest BCUT2D eigenvalue weighted by molar-refractivity contribution is -0.132. The van der Waals surface area contributed by atoms with Gasteiger partial charge in [-0.1, -0.05) is 30.3 Å². The molecular weight excluding hydrogens is 372 g/mol. The van der Waals surface area contributed by atoms with E-state index >= 15 is 0 Å². The molecule has 3 rings (SSSR count). The number of carbonyl (C=O) groups excluding carboxylic acids is 2. The van der Waals surface area contributed by atoms with Crippen LogP contribution in [0.25, 0.3) is 0 Å². The second-order valence-corrected chi connectivity index (χ2v) is 7.93. The van der Waals surface area contributed by atoms with Crippen LogP contribution < -0.4 is 9.64 Å². The SMILES string of the molecule is Cc1ccccc1OCCN(C)C(=O)CCC(=O)N1CCSc2ccccc21. The molecule has 0 bridgehead atoms. The van der Waals surface area contributed by atoms with Crippen LogP contribution in [0.5, 0.6) is 5.75 Å². The van der Waals surface area contributed by atoms with Crippen molar-refractivity contribution in [2.75, 3.05) is 37.4 Å². The molecule has 0 aliphatic carbocycles. The molecule has 1 aliphatic heterocycles. The van der Waals surface area contributed by atoms with Gasteiger partial charge in [0.15, 0.2) is 0 Å². The summed E-state index contributed by atoms with van der Waals surface area (Å²) in [4.78, 5) is 29.6. The molecule has 148 valence electrons. The molecular formula is C22H26N2O3S. The number of hydrogen-bond donors (Lipinski definition) is 0. The largest absolute Gasteiger partial charge is 0.491 e. The summed E-state index contributed by atoms with van der Waals surface area (Å²) in [5.74, 6) is 1.68. The molecule has 28 heavy (non-hydrogen) atoms. The first-order valence-corrected chi connectivity index (χ1v) is 10.5. The van der Waals surface area contributed by atoms with Gasteiger partial charge in [0, 0.05) is 37.1 Å². The fourth-order valence-corrected chi connectivity index (χ4v) is 4.10. The van der Waals surface area contributed by atoms with Crippen molar-refractivity contribution in [3.63, 3.8) is 0 Å². The van der Waals surface area contributed by atoms with E-state index in [-0.39, 0.29) is 24.7 Å². The molecule has 0 N–H and O–H groups in total. The Balaban J connectivity index is 1.45. The van der Waals surface area contributed by atoms with E-state index in [1.807, 2.05) is 55.5 Å². The monoisotopic (exact) mass is 398 g/mol. The van der Waals surface area contributed by atoms with Crippen LogP contribution in [0, 0.1) is 6.92 Å². The molecule has 0 atom stereocenters. The van der Waals surface area contributed by atoms with Gasteiger partial charge in [0.1, 0.15) is 12.4 Å². The molecule has 0 unspecified atom stereocenters. The molecule has 1 aliphatic rings. The normalized spacial score (nSPS) is 13.0. The van der Waals surface area contributed by atoms with Crippen LogP contribution in [0.1, 0.15) is 18.4 Å². The molecule has 2 aromatic carbocycles. The van der Waals surface area contributed by atoms with Gasteiger partial charge in [0.05, 0.1) is 12.2 Å². The predicted octanol–water partition coefficient (Wildman–Crippen LogP) is 3.75. The van der Waals surface area contributed by atoms with Crippen molar-refractivity contribution in [2.45, 2.75) is 24.7 Å². The minimum absolute atomic E-state index is 0.00524. The van der Waals surface area contributed by atoms with Crippen molar-refractivity contribution in [1.29, 1.82) is 0 Å². The van der Waals surface area contributed by atoms with Crippen LogP contribution in [-0.4, -0.2) is 49.2 Å². The van der Waals surface area contributed by atoms with Gasteiger partial charge >= 0.3 is 0 Å². The van der Waals surface area contributed by atoms with Crippen LogP contribution >= 0.6 is 11.8 Å². The van der Waals surface area contributed by atoms with Crippen molar-refractivity contribution in [3.05, 3.63) is 54.1 Å². The number of para-hydroxylation sites is 2. The number of anilines is 1. The molecule has 0 saturated heterocycles. The van der Waals surface area contributed by atoms with E-state index in [4.69, 9.17) is 4.74 Å². The van der Waals surface area contributed by atoms with E-state index in [1.54, 1.807) is 28.6 Å². The van der Waals surface area contributed by atoms with Gasteiger partial charge in [-0.3, -0.25) is 9.59 Å². The summed E-state index contributed by atoms with van der Waals surface area (Å²) in [6.07, 6.45) is 0.437. The maximum absolute atomic E-state index is 12.6. The Labute approximate surface area is 170 Å². The molecule has 6 heteroatoms. The summed E-state index contributed by atoms with van der Waals surface area (Å²) in [6, 6.07) is 15.7. The zero-order chi connectivity index (χ0) is 19.9. The van der Waals surface area contributed by atoms with Gasteiger partial charge in [-0.15, -0.1) is 11.8 Å². The fraction of sp³-hybridized carbons (Fsp3) is 0.364. The second-order valence-electron chi connectivity index (χ2n) is 6.79. The molecule has 0 fully saturated rings. The van der Waals surface area contributed by atoms with Gasteiger partial charge in [-0.05, 0) is 30.7 Å². The zero-order valence-electron chi connectivity index (χ0n) is 16.4. The Hall–Kier alpha value is -2.47. The quantitative estimate of drug-likeness (QED) is 0.713. The third-order valence-corrected chi connectivity index (χ3v) is 5.83. The summed E-state index contributed by atoms with van der Waals surface area (Å²) in [6.45, 7) is 3.60. The fourth-order valence-electron chi connectivity index (χ4n) is 3.10. The number of fused-ring (bicyclic) bond motifs is 1. The summed E-state index contributed by atoms with van der Waals surface area (Å²) in [7, 11) is 1.75. The van der Waals surface area contributed by atoms with Gasteiger partial charge in [-0.25, -0.2) is 0 Å². The van der Waals surface area contributed by atoms with Crippen LogP contribution in [0.4, 0.5) is 5.69 Å². The number of likely N-dealkylation sites (N-methyl/N-ethyl adjacent to an activating group) is 1. The standard InChI is InChI=1S/C22H26N2O3S/c1-17-7-3-5-9-19(17)27-15-13-23(2)21(25)11-12-22(26)24-14-16-28-20-10-6-4-8-18(20)24/h3-10H,11-16H2,1-2H3. The second kappa shape index (κ2) is 9.64. The topological polar surface area (TPSA) is 49.9 Å². The number of nitrogens with zero attached hydrogens (tertiary/aromatic N) is 2. The van der Waals surface area contributed by atoms with Crippen LogP contribution in [0.2, 0.25) is 0 Å². The number of hydrogen-bond acceptors (Lipinski definition) is 4. The molecule has 2 aromatic rings. The number of benzene rings is 2. The first-order valence-electron chi connectivity index (χ1n) is 9.51. The van der Waals surface area contributed by atoms with Gasteiger partial charge in [0.2, 0.25) is 11.8 Å². The van der Waals surface area contributed by atoms with Crippen LogP contribution in [-0.2, 0) is 9.59 Å². The summed E-state index contributed by atoms with van der Waals surface area (Å²) < 4.78 is 5.75. The lowest BCUT2D eigenvalue weighted by Gasteiger charge is -2.29. The predicted molar refractivity (Wildman–Crippen MR) is 113 cm³/mol. The molecule has 0 radical (unpaired) electrons. The minimum atomic E-state index is -0.0404. The van der Waals surface area contributed by atoms with Crippen molar-refractivity contribution >= 4 is 29.3 Å². The van der Waals surface area contributed by atoms with Gasteiger partial charge in [-0.2, -0.15) is 0 Å². The van der Waals surface area contributed by atoms with Crippen molar-refractivity contribution < 1.29 is 14.3 Å². The van der Waals surface area contributed by atoms with E-state index in [0.717, 1.165) is 27.6 Å². The third-order valence-electron chi connectivity index (χ3n) is 4.79. The van der Waals surface area contributed by atoms with E-state index in [0.29, 0.717) is 19.7 Å². The highest BCUT2D eigenvalue weighted by Gasteiger charge is 2.23. The van der Waals surface area contributed by atoms with Crippen molar-refractivity contribution in [3.8, 4) is 5.75 Å². The Bertz CT molecular complexity index is 840. The van der Waals surface area contributed by atoms with E-state index in [2.05, 4.69) is 0 Å². The molecule has 0 aromatic heterocycles. The first kappa shape index (κ1) is 20.3. The smallest absolute Gasteiger partial charge is 0.227 e. The summed E-state index contributed by atoms with van der Waals surface area (Å²) in [5, 5.41) is 0.